The number of ether oxygens (including phenoxy) is 1. The van der Waals surface area contributed by atoms with Crippen LogP contribution < -0.4 is 15.4 Å². The van der Waals surface area contributed by atoms with E-state index >= 15 is 0 Å². The van der Waals surface area contributed by atoms with Crippen LogP contribution in [0.3, 0.4) is 0 Å². The number of amides is 1. The molecule has 8 heteroatoms. The Morgan fingerprint density at radius 3 is 2.75 bits per heavy atom. The van der Waals surface area contributed by atoms with Gasteiger partial charge in [-0.3, -0.25) is 10.1 Å². The average Bonchev–Trinajstić information content (AvgIpc) is 3.01. The summed E-state index contributed by atoms with van der Waals surface area (Å²) in [5, 5.41) is 10.6. The Labute approximate surface area is 172 Å². The summed E-state index contributed by atoms with van der Waals surface area (Å²) < 4.78 is 7.42. The van der Waals surface area contributed by atoms with Gasteiger partial charge in [0.15, 0.2) is 12.4 Å². The van der Waals surface area contributed by atoms with Crippen LogP contribution in [-0.4, -0.2) is 40.4 Å². The molecule has 2 N–H and O–H groups in total. The molecule has 2 heterocycles. The Balaban J connectivity index is 0.00000280. The molecule has 1 saturated heterocycles. The maximum Gasteiger partial charge on any atom is 0.264 e. The molecule has 0 unspecified atom stereocenters. The number of piperidine rings is 1. The summed E-state index contributed by atoms with van der Waals surface area (Å²) in [7, 11) is 1.80. The summed E-state index contributed by atoms with van der Waals surface area (Å²) in [6, 6.07) is 6.09. The molecule has 1 aromatic carbocycles. The first-order valence-electron chi connectivity index (χ1n) is 9.59. The van der Waals surface area contributed by atoms with Crippen molar-refractivity contribution in [2.24, 2.45) is 7.05 Å². The summed E-state index contributed by atoms with van der Waals surface area (Å²) >= 11 is 0. The maximum atomic E-state index is 12.4. The Morgan fingerprint density at radius 1 is 1.36 bits per heavy atom. The van der Waals surface area contributed by atoms with Crippen molar-refractivity contribution in [1.29, 1.82) is 0 Å². The second-order valence-corrected chi connectivity index (χ2v) is 7.47. The monoisotopic (exact) mass is 407 g/mol. The Bertz CT molecular complexity index is 800. The van der Waals surface area contributed by atoms with Crippen LogP contribution in [0.5, 0.6) is 5.75 Å². The fourth-order valence-corrected chi connectivity index (χ4v) is 3.31. The molecule has 0 spiro atoms. The van der Waals surface area contributed by atoms with Gasteiger partial charge in [-0.05, 0) is 56.0 Å². The molecular weight excluding hydrogens is 378 g/mol. The number of hydrogen-bond acceptors (Lipinski definition) is 5. The highest BCUT2D eigenvalue weighted by molar-refractivity contribution is 5.90. The van der Waals surface area contributed by atoms with Gasteiger partial charge in [-0.2, -0.15) is 10.1 Å². The Kier molecular flexibility index (Phi) is 7.83. The number of nitrogens with zero attached hydrogens (tertiary/aromatic N) is 3. The summed E-state index contributed by atoms with van der Waals surface area (Å²) in [5.41, 5.74) is 2.20. The van der Waals surface area contributed by atoms with E-state index in [2.05, 4.69) is 46.7 Å². The highest BCUT2D eigenvalue weighted by atomic mass is 35.5. The van der Waals surface area contributed by atoms with Crippen LogP contribution in [0.2, 0.25) is 0 Å². The molecule has 1 aliphatic heterocycles. The lowest BCUT2D eigenvalue weighted by molar-refractivity contribution is -0.118. The molecule has 7 nitrogen and oxygen atoms in total. The number of rotatable bonds is 6. The van der Waals surface area contributed by atoms with Crippen LogP contribution >= 0.6 is 12.4 Å². The summed E-state index contributed by atoms with van der Waals surface area (Å²) in [4.78, 5) is 16.9. The lowest BCUT2D eigenvalue weighted by Crippen LogP contribution is -2.27. The van der Waals surface area contributed by atoms with Gasteiger partial charge >= 0.3 is 0 Å². The molecule has 0 aliphatic carbocycles. The number of nitrogens with one attached hydrogen (secondary N) is 2. The van der Waals surface area contributed by atoms with E-state index in [0.717, 1.165) is 48.6 Å². The first-order valence-corrected chi connectivity index (χ1v) is 9.59. The fourth-order valence-electron chi connectivity index (χ4n) is 3.31. The van der Waals surface area contributed by atoms with Crippen LogP contribution in [0.1, 0.15) is 55.5 Å². The quantitative estimate of drug-likeness (QED) is 0.768. The molecule has 1 amide bonds. The van der Waals surface area contributed by atoms with Crippen molar-refractivity contribution in [3.8, 4) is 5.75 Å². The van der Waals surface area contributed by atoms with E-state index in [4.69, 9.17) is 4.74 Å². The molecular formula is C20H30ClN5O2. The molecule has 0 radical (unpaired) electrons. The van der Waals surface area contributed by atoms with Gasteiger partial charge in [-0.1, -0.05) is 26.0 Å². The zero-order chi connectivity index (χ0) is 19.4. The number of halogens is 1. The van der Waals surface area contributed by atoms with Crippen molar-refractivity contribution in [3.63, 3.8) is 0 Å². The summed E-state index contributed by atoms with van der Waals surface area (Å²) in [5.74, 6) is 2.46. The summed E-state index contributed by atoms with van der Waals surface area (Å²) in [6.45, 7) is 8.14. The van der Waals surface area contributed by atoms with Crippen molar-refractivity contribution < 1.29 is 9.53 Å². The van der Waals surface area contributed by atoms with E-state index in [1.54, 1.807) is 11.7 Å². The molecule has 2 aromatic rings. The van der Waals surface area contributed by atoms with E-state index in [0.29, 0.717) is 17.8 Å². The third kappa shape index (κ3) is 5.45. The first-order chi connectivity index (χ1) is 12.9. The molecule has 1 fully saturated rings. The number of aryl methyl sites for hydroxylation is 2. The first kappa shape index (κ1) is 22.2. The molecule has 1 aromatic heterocycles. The topological polar surface area (TPSA) is 81.1 Å². The number of benzene rings is 1. The molecule has 0 saturated carbocycles. The van der Waals surface area contributed by atoms with Crippen LogP contribution in [0.15, 0.2) is 18.2 Å². The number of carbonyl (C=O) groups excluding carboxylic acids is 1. The number of anilines is 1. The minimum atomic E-state index is -0.237. The van der Waals surface area contributed by atoms with E-state index < -0.39 is 0 Å². The van der Waals surface area contributed by atoms with Gasteiger partial charge in [0.25, 0.3) is 5.91 Å². The highest BCUT2D eigenvalue weighted by Crippen LogP contribution is 2.27. The van der Waals surface area contributed by atoms with Crippen molar-refractivity contribution in [3.05, 3.63) is 35.2 Å². The minimum Gasteiger partial charge on any atom is -0.483 e. The predicted octanol–water partition coefficient (Wildman–Crippen LogP) is 3.15. The molecule has 28 heavy (non-hydrogen) atoms. The summed E-state index contributed by atoms with van der Waals surface area (Å²) in [6.07, 6.45) is 2.04. The largest absolute Gasteiger partial charge is 0.483 e. The van der Waals surface area contributed by atoms with Gasteiger partial charge in [-0.15, -0.1) is 12.4 Å². The molecule has 1 aliphatic rings. The van der Waals surface area contributed by atoms with Crippen molar-refractivity contribution in [2.45, 2.75) is 45.4 Å². The van der Waals surface area contributed by atoms with Crippen LogP contribution in [0, 0.1) is 6.92 Å². The van der Waals surface area contributed by atoms with Gasteiger partial charge in [0.2, 0.25) is 5.95 Å². The van der Waals surface area contributed by atoms with E-state index in [1.165, 1.54) is 0 Å². The lowest BCUT2D eigenvalue weighted by Gasteiger charge is -2.19. The van der Waals surface area contributed by atoms with Gasteiger partial charge in [0, 0.05) is 13.0 Å². The van der Waals surface area contributed by atoms with E-state index in [9.17, 15) is 4.79 Å². The second kappa shape index (κ2) is 9.89. The zero-order valence-electron chi connectivity index (χ0n) is 17.0. The standard InChI is InChI=1S/C20H29N5O2.ClH/c1-13(2)16-6-5-14(3)11-17(16)27-12-18(26)22-20-23-19(24-25(20)4)15-7-9-21-10-8-15;/h5-6,11,13,15,21H,7-10,12H2,1-4H3,(H,22,23,24,26);1H. The Morgan fingerprint density at radius 2 is 2.07 bits per heavy atom. The SMILES string of the molecule is Cc1ccc(C(C)C)c(OCC(=O)Nc2nc(C3CCNCC3)nn2C)c1.Cl. The zero-order valence-corrected chi connectivity index (χ0v) is 17.8. The average molecular weight is 408 g/mol. The van der Waals surface area contributed by atoms with Crippen molar-refractivity contribution in [1.82, 2.24) is 20.1 Å². The van der Waals surface area contributed by atoms with E-state index in [-0.39, 0.29) is 24.9 Å². The third-order valence-corrected chi connectivity index (χ3v) is 4.88. The van der Waals surface area contributed by atoms with Crippen molar-refractivity contribution >= 4 is 24.3 Å². The number of aromatic nitrogens is 3. The molecule has 0 bridgehead atoms. The Hall–Kier alpha value is -2.12. The smallest absolute Gasteiger partial charge is 0.264 e. The number of hydrogen-bond donors (Lipinski definition) is 2. The van der Waals surface area contributed by atoms with Crippen LogP contribution in [0.4, 0.5) is 5.95 Å². The molecule has 3 rings (SSSR count). The number of carbonyl (C=O) groups is 1. The third-order valence-electron chi connectivity index (χ3n) is 4.88. The fraction of sp³-hybridized carbons (Fsp3) is 0.550. The normalized spacial score (nSPS) is 14.6. The lowest BCUT2D eigenvalue weighted by atomic mass is 9.98. The second-order valence-electron chi connectivity index (χ2n) is 7.47. The minimum absolute atomic E-state index is 0. The molecule has 154 valence electrons. The predicted molar refractivity (Wildman–Crippen MR) is 112 cm³/mol. The van der Waals surface area contributed by atoms with Crippen LogP contribution in [-0.2, 0) is 11.8 Å². The van der Waals surface area contributed by atoms with Gasteiger partial charge in [-0.25, -0.2) is 4.68 Å². The highest BCUT2D eigenvalue weighted by Gasteiger charge is 2.21. The van der Waals surface area contributed by atoms with Crippen LogP contribution in [0.25, 0.3) is 0 Å². The van der Waals surface area contributed by atoms with Gasteiger partial charge in [0.1, 0.15) is 5.75 Å². The van der Waals surface area contributed by atoms with Gasteiger partial charge in [0.05, 0.1) is 0 Å². The van der Waals surface area contributed by atoms with E-state index in [1.807, 2.05) is 13.0 Å². The van der Waals surface area contributed by atoms with Gasteiger partial charge < -0.3 is 10.1 Å². The van der Waals surface area contributed by atoms with Crippen molar-refractivity contribution in [2.75, 3.05) is 25.0 Å². The maximum absolute atomic E-state index is 12.4. The molecule has 0 atom stereocenters.